The standard InChI is InChI=1S/C14H8BrFN2S/c15-9-7-12-14(18-8-9)13(5-6-17-12)19-11-3-1-10(16)2-4-11/h1-8H. The van der Waals surface area contributed by atoms with E-state index in [1.54, 1.807) is 36.3 Å². The van der Waals surface area contributed by atoms with Crippen LogP contribution in [0.4, 0.5) is 4.39 Å². The van der Waals surface area contributed by atoms with E-state index in [1.807, 2.05) is 12.1 Å². The van der Waals surface area contributed by atoms with Crippen LogP contribution >= 0.6 is 27.7 Å². The fourth-order valence-electron chi connectivity index (χ4n) is 1.69. The number of benzene rings is 1. The minimum atomic E-state index is -0.231. The number of hydrogen-bond acceptors (Lipinski definition) is 3. The highest BCUT2D eigenvalue weighted by atomic mass is 79.9. The zero-order valence-corrected chi connectivity index (χ0v) is 12.1. The van der Waals surface area contributed by atoms with E-state index in [4.69, 9.17) is 0 Å². The molecule has 0 N–H and O–H groups in total. The first-order chi connectivity index (χ1) is 9.22. The molecule has 3 rings (SSSR count). The van der Waals surface area contributed by atoms with Gasteiger partial charge in [0.1, 0.15) is 11.3 Å². The number of pyridine rings is 2. The molecule has 19 heavy (non-hydrogen) atoms. The Hall–Kier alpha value is -1.46. The summed E-state index contributed by atoms with van der Waals surface area (Å²) in [4.78, 5) is 10.7. The highest BCUT2D eigenvalue weighted by Gasteiger charge is 2.06. The minimum absolute atomic E-state index is 0.231. The van der Waals surface area contributed by atoms with Gasteiger partial charge >= 0.3 is 0 Å². The number of rotatable bonds is 2. The minimum Gasteiger partial charge on any atom is -0.254 e. The quantitative estimate of drug-likeness (QED) is 0.680. The molecule has 0 atom stereocenters. The van der Waals surface area contributed by atoms with Crippen molar-refractivity contribution in [3.63, 3.8) is 0 Å². The molecule has 0 aliphatic rings. The molecule has 0 fully saturated rings. The zero-order chi connectivity index (χ0) is 13.2. The van der Waals surface area contributed by atoms with Gasteiger partial charge in [0.15, 0.2) is 0 Å². The van der Waals surface area contributed by atoms with Crippen molar-refractivity contribution in [1.29, 1.82) is 0 Å². The van der Waals surface area contributed by atoms with Gasteiger partial charge in [0.25, 0.3) is 0 Å². The predicted molar refractivity (Wildman–Crippen MR) is 77.8 cm³/mol. The van der Waals surface area contributed by atoms with E-state index in [0.29, 0.717) is 0 Å². The molecule has 2 heterocycles. The van der Waals surface area contributed by atoms with Gasteiger partial charge < -0.3 is 0 Å². The molecule has 0 saturated carbocycles. The Balaban J connectivity index is 2.03. The zero-order valence-electron chi connectivity index (χ0n) is 9.68. The second kappa shape index (κ2) is 5.27. The van der Waals surface area contributed by atoms with Crippen LogP contribution in [0.5, 0.6) is 0 Å². The topological polar surface area (TPSA) is 25.8 Å². The second-order valence-corrected chi connectivity index (χ2v) is 5.92. The molecule has 0 radical (unpaired) electrons. The number of halogens is 2. The Kier molecular flexibility index (Phi) is 3.48. The van der Waals surface area contributed by atoms with Gasteiger partial charge in [0, 0.05) is 26.7 Å². The van der Waals surface area contributed by atoms with Crippen LogP contribution in [0.15, 0.2) is 63.1 Å². The van der Waals surface area contributed by atoms with Crippen molar-refractivity contribution in [2.24, 2.45) is 0 Å². The van der Waals surface area contributed by atoms with Gasteiger partial charge in [0.2, 0.25) is 0 Å². The van der Waals surface area contributed by atoms with Gasteiger partial charge in [-0.1, -0.05) is 11.8 Å². The first kappa shape index (κ1) is 12.6. The van der Waals surface area contributed by atoms with E-state index in [-0.39, 0.29) is 5.82 Å². The molecule has 1 aromatic carbocycles. The van der Waals surface area contributed by atoms with Crippen LogP contribution in [0.25, 0.3) is 11.0 Å². The average Bonchev–Trinajstić information content (AvgIpc) is 2.41. The van der Waals surface area contributed by atoms with E-state index < -0.39 is 0 Å². The van der Waals surface area contributed by atoms with Gasteiger partial charge in [0.05, 0.1) is 5.52 Å². The summed E-state index contributed by atoms with van der Waals surface area (Å²) in [6, 6.07) is 10.3. The summed E-state index contributed by atoms with van der Waals surface area (Å²) in [6.45, 7) is 0. The fraction of sp³-hybridized carbons (Fsp3) is 0. The van der Waals surface area contributed by atoms with Crippen LogP contribution in [0.1, 0.15) is 0 Å². The van der Waals surface area contributed by atoms with Crippen molar-refractivity contribution < 1.29 is 4.39 Å². The second-order valence-electron chi connectivity index (χ2n) is 3.89. The Bertz CT molecular complexity index is 731. The number of fused-ring (bicyclic) bond motifs is 1. The smallest absolute Gasteiger partial charge is 0.123 e. The van der Waals surface area contributed by atoms with E-state index in [2.05, 4.69) is 25.9 Å². The molecule has 0 amide bonds. The first-order valence-electron chi connectivity index (χ1n) is 5.56. The van der Waals surface area contributed by atoms with Gasteiger partial charge in [-0.25, -0.2) is 4.39 Å². The van der Waals surface area contributed by atoms with Gasteiger partial charge in [-0.15, -0.1) is 0 Å². The maximum atomic E-state index is 12.9. The summed E-state index contributed by atoms with van der Waals surface area (Å²) in [5.41, 5.74) is 1.68. The Morgan fingerprint density at radius 2 is 1.84 bits per heavy atom. The lowest BCUT2D eigenvalue weighted by Crippen LogP contribution is -1.86. The summed E-state index contributed by atoms with van der Waals surface area (Å²) in [5, 5.41) is 0. The Morgan fingerprint density at radius 3 is 2.63 bits per heavy atom. The lowest BCUT2D eigenvalue weighted by molar-refractivity contribution is 0.626. The van der Waals surface area contributed by atoms with Crippen LogP contribution in [-0.4, -0.2) is 9.97 Å². The molecule has 3 aromatic rings. The number of hydrogen-bond donors (Lipinski definition) is 0. The molecule has 0 unspecified atom stereocenters. The third-order valence-corrected chi connectivity index (χ3v) is 4.04. The Labute approximate surface area is 122 Å². The van der Waals surface area contributed by atoms with E-state index in [0.717, 1.165) is 25.3 Å². The molecule has 0 spiro atoms. The average molecular weight is 335 g/mol. The van der Waals surface area contributed by atoms with Gasteiger partial charge in [-0.2, -0.15) is 0 Å². The van der Waals surface area contributed by atoms with Crippen molar-refractivity contribution in [2.75, 3.05) is 0 Å². The van der Waals surface area contributed by atoms with Gasteiger partial charge in [-0.05, 0) is 52.3 Å². The normalized spacial score (nSPS) is 10.8. The summed E-state index contributed by atoms with van der Waals surface area (Å²) < 4.78 is 13.8. The van der Waals surface area contributed by atoms with Crippen LogP contribution in [0.2, 0.25) is 0 Å². The molecule has 2 aromatic heterocycles. The summed E-state index contributed by atoms with van der Waals surface area (Å²) in [6.07, 6.45) is 3.50. The molecule has 0 bridgehead atoms. The molecule has 0 aliphatic heterocycles. The van der Waals surface area contributed by atoms with E-state index >= 15 is 0 Å². The SMILES string of the molecule is Fc1ccc(Sc2ccnc3cc(Br)cnc23)cc1. The highest BCUT2D eigenvalue weighted by molar-refractivity contribution is 9.10. The summed E-state index contributed by atoms with van der Waals surface area (Å²) in [7, 11) is 0. The van der Waals surface area contributed by atoms with E-state index in [9.17, 15) is 4.39 Å². The monoisotopic (exact) mass is 334 g/mol. The van der Waals surface area contributed by atoms with Crippen molar-refractivity contribution in [2.45, 2.75) is 9.79 Å². The largest absolute Gasteiger partial charge is 0.254 e. The van der Waals surface area contributed by atoms with Crippen LogP contribution in [0.3, 0.4) is 0 Å². The maximum absolute atomic E-state index is 12.9. The van der Waals surface area contributed by atoms with Crippen molar-refractivity contribution in [3.8, 4) is 0 Å². The predicted octanol–water partition coefficient (Wildman–Crippen LogP) is 4.68. The number of aromatic nitrogens is 2. The third-order valence-electron chi connectivity index (χ3n) is 2.55. The lowest BCUT2D eigenvalue weighted by atomic mass is 10.3. The van der Waals surface area contributed by atoms with Crippen LogP contribution < -0.4 is 0 Å². The first-order valence-corrected chi connectivity index (χ1v) is 7.17. The van der Waals surface area contributed by atoms with Crippen LogP contribution in [-0.2, 0) is 0 Å². The maximum Gasteiger partial charge on any atom is 0.123 e. The fourth-order valence-corrected chi connectivity index (χ4v) is 2.92. The highest BCUT2D eigenvalue weighted by Crippen LogP contribution is 2.32. The van der Waals surface area contributed by atoms with Gasteiger partial charge in [-0.3, -0.25) is 9.97 Å². The molecule has 5 heteroatoms. The van der Waals surface area contributed by atoms with Crippen LogP contribution in [0, 0.1) is 5.82 Å². The van der Waals surface area contributed by atoms with Crippen molar-refractivity contribution in [1.82, 2.24) is 9.97 Å². The summed E-state index contributed by atoms with van der Waals surface area (Å²) >= 11 is 4.93. The Morgan fingerprint density at radius 1 is 1.05 bits per heavy atom. The molecule has 0 saturated heterocycles. The molecular weight excluding hydrogens is 327 g/mol. The van der Waals surface area contributed by atoms with Crippen molar-refractivity contribution >= 4 is 38.7 Å². The van der Waals surface area contributed by atoms with Crippen molar-refractivity contribution in [3.05, 3.63) is 59.1 Å². The number of nitrogens with zero attached hydrogens (tertiary/aromatic N) is 2. The molecular formula is C14H8BrFN2S. The molecule has 2 nitrogen and oxygen atoms in total. The van der Waals surface area contributed by atoms with E-state index in [1.165, 1.54) is 12.1 Å². The third kappa shape index (κ3) is 2.77. The molecule has 0 aliphatic carbocycles. The molecule has 94 valence electrons. The summed E-state index contributed by atoms with van der Waals surface area (Å²) in [5.74, 6) is -0.231. The lowest BCUT2D eigenvalue weighted by Gasteiger charge is -2.05.